The van der Waals surface area contributed by atoms with Crippen molar-refractivity contribution >= 4 is 10.2 Å². The van der Waals surface area contributed by atoms with Crippen molar-refractivity contribution in [3.63, 3.8) is 0 Å². The van der Waals surface area contributed by atoms with Gasteiger partial charge in [0.05, 0.1) is 0 Å². The Balaban J connectivity index is 1.98. The number of unbranched alkanes of at least 4 members (excludes halogenated alkanes) is 1. The Kier molecular flexibility index (Phi) is 4.74. The summed E-state index contributed by atoms with van der Waals surface area (Å²) in [5.74, 6) is 0. The van der Waals surface area contributed by atoms with Gasteiger partial charge in [-0.15, -0.1) is 0 Å². The Morgan fingerprint density at radius 2 is 1.00 bits per heavy atom. The van der Waals surface area contributed by atoms with Crippen LogP contribution >= 0.6 is 10.2 Å². The number of aryl methyl sites for hydroxylation is 3. The summed E-state index contributed by atoms with van der Waals surface area (Å²) in [6, 6.07) is 11.3. The highest BCUT2D eigenvalue weighted by Crippen LogP contribution is 3.02. The SMILES string of the molecule is CCCCc1ccc(CCc2ccc(S(F)(F)(F)(F)F)cc2)cc1. The molecule has 0 aliphatic heterocycles. The molecule has 2 aromatic rings. The second-order valence-corrected chi connectivity index (χ2v) is 8.44. The molecule has 134 valence electrons. The van der Waals surface area contributed by atoms with Crippen molar-refractivity contribution in [3.05, 3.63) is 65.2 Å². The maximum absolute atomic E-state index is 12.7. The third kappa shape index (κ3) is 5.51. The first-order valence-corrected chi connectivity index (χ1v) is 9.84. The van der Waals surface area contributed by atoms with Crippen molar-refractivity contribution in [1.29, 1.82) is 0 Å². The van der Waals surface area contributed by atoms with E-state index in [1.54, 1.807) is 0 Å². The third-order valence-electron chi connectivity index (χ3n) is 3.91. The van der Waals surface area contributed by atoms with Gasteiger partial charge in [0, 0.05) is 0 Å². The summed E-state index contributed by atoms with van der Waals surface area (Å²) < 4.78 is 63.3. The van der Waals surface area contributed by atoms with Gasteiger partial charge >= 0.3 is 10.2 Å². The van der Waals surface area contributed by atoms with Crippen molar-refractivity contribution in [2.75, 3.05) is 0 Å². The van der Waals surface area contributed by atoms with E-state index in [9.17, 15) is 19.4 Å². The Hall–Kier alpha value is -1.56. The molecule has 0 fully saturated rings. The predicted octanol–water partition coefficient (Wildman–Crippen LogP) is 7.47. The minimum Gasteiger partial charge on any atom is -0.0936 e. The molecule has 24 heavy (non-hydrogen) atoms. The first-order chi connectivity index (χ1) is 11.0. The van der Waals surface area contributed by atoms with Crippen LogP contribution in [0.15, 0.2) is 53.4 Å². The molecule has 0 amide bonds. The molecule has 0 N–H and O–H groups in total. The molecule has 0 saturated heterocycles. The molecule has 0 heterocycles. The van der Waals surface area contributed by atoms with Gasteiger partial charge in [-0.1, -0.05) is 69.2 Å². The third-order valence-corrected chi connectivity index (χ3v) is 5.08. The van der Waals surface area contributed by atoms with Crippen molar-refractivity contribution < 1.29 is 19.4 Å². The second kappa shape index (κ2) is 6.06. The monoisotopic (exact) mass is 364 g/mol. The van der Waals surface area contributed by atoms with E-state index in [-0.39, 0.29) is 0 Å². The number of hydrogen-bond donors (Lipinski definition) is 0. The van der Waals surface area contributed by atoms with Crippen LogP contribution < -0.4 is 0 Å². The van der Waals surface area contributed by atoms with Gasteiger partial charge in [-0.3, -0.25) is 0 Å². The molecule has 0 unspecified atom stereocenters. The van der Waals surface area contributed by atoms with Crippen LogP contribution in [0.2, 0.25) is 0 Å². The van der Waals surface area contributed by atoms with Crippen molar-refractivity contribution in [1.82, 2.24) is 0 Å². The highest BCUT2D eigenvalue weighted by molar-refractivity contribution is 8.45. The minimum absolute atomic E-state index is 0.477. The normalized spacial score (nSPS) is 14.9. The maximum atomic E-state index is 12.7. The van der Waals surface area contributed by atoms with E-state index >= 15 is 0 Å². The predicted molar refractivity (Wildman–Crippen MR) is 90.3 cm³/mol. The van der Waals surface area contributed by atoms with Gasteiger partial charge in [0.25, 0.3) is 0 Å². The van der Waals surface area contributed by atoms with Crippen LogP contribution in [0.5, 0.6) is 0 Å². The zero-order valence-electron chi connectivity index (χ0n) is 13.5. The van der Waals surface area contributed by atoms with Crippen molar-refractivity contribution in [2.24, 2.45) is 0 Å². The molecule has 0 nitrogen and oxygen atoms in total. The summed E-state index contributed by atoms with van der Waals surface area (Å²) in [4.78, 5) is -1.83. The van der Waals surface area contributed by atoms with Crippen LogP contribution in [0.3, 0.4) is 0 Å². The Morgan fingerprint density at radius 1 is 0.625 bits per heavy atom. The lowest BCUT2D eigenvalue weighted by Gasteiger charge is -2.40. The Bertz CT molecular complexity index is 672. The van der Waals surface area contributed by atoms with E-state index in [0.29, 0.717) is 30.5 Å². The summed E-state index contributed by atoms with van der Waals surface area (Å²) in [7, 11) is -9.57. The van der Waals surface area contributed by atoms with E-state index in [1.807, 2.05) is 12.1 Å². The molecule has 0 aromatic heterocycles. The molecule has 0 radical (unpaired) electrons. The number of hydrogen-bond acceptors (Lipinski definition) is 0. The zero-order valence-corrected chi connectivity index (χ0v) is 14.3. The number of rotatable bonds is 7. The smallest absolute Gasteiger partial charge is 0.0936 e. The molecule has 2 aromatic carbocycles. The van der Waals surface area contributed by atoms with Gasteiger partial charge in [0.2, 0.25) is 0 Å². The zero-order chi connectivity index (χ0) is 17.9. The lowest BCUT2D eigenvalue weighted by atomic mass is 10.0. The minimum atomic E-state index is -9.57. The molecular formula is C18H21F5S. The highest BCUT2D eigenvalue weighted by atomic mass is 32.5. The van der Waals surface area contributed by atoms with Crippen LogP contribution in [0.4, 0.5) is 19.4 Å². The fourth-order valence-electron chi connectivity index (χ4n) is 2.46. The summed E-state index contributed by atoms with van der Waals surface area (Å²) >= 11 is 0. The van der Waals surface area contributed by atoms with Crippen molar-refractivity contribution in [2.45, 2.75) is 43.9 Å². The molecule has 6 heteroatoms. The summed E-state index contributed by atoms with van der Waals surface area (Å²) in [5.41, 5.74) is 2.95. The van der Waals surface area contributed by atoms with Crippen LogP contribution in [0, 0.1) is 0 Å². The fourth-order valence-corrected chi connectivity index (χ4v) is 3.11. The van der Waals surface area contributed by atoms with Gasteiger partial charge in [0.15, 0.2) is 0 Å². The molecule has 0 saturated carbocycles. The van der Waals surface area contributed by atoms with Gasteiger partial charge in [-0.05, 0) is 54.5 Å². The van der Waals surface area contributed by atoms with Crippen LogP contribution in [0.1, 0.15) is 36.5 Å². The highest BCUT2D eigenvalue weighted by Gasteiger charge is 2.65. The van der Waals surface area contributed by atoms with Crippen LogP contribution in [-0.4, -0.2) is 0 Å². The fraction of sp³-hybridized carbons (Fsp3) is 0.333. The number of halogens is 5. The quantitative estimate of drug-likeness (QED) is 0.447. The summed E-state index contributed by atoms with van der Waals surface area (Å²) in [5, 5.41) is 0. The first-order valence-electron chi connectivity index (χ1n) is 7.89. The van der Waals surface area contributed by atoms with Crippen LogP contribution in [-0.2, 0) is 19.3 Å². The van der Waals surface area contributed by atoms with E-state index in [1.165, 1.54) is 5.56 Å². The standard InChI is InChI=1S/C18H21F5S/c1-2-3-4-15-5-7-16(8-6-15)9-10-17-11-13-18(14-12-17)24(19,20,21,22)23/h5-8,11-14H,2-4,9-10H2,1H3. The number of benzene rings is 2. The largest absolute Gasteiger partial charge is 0.310 e. The lowest BCUT2D eigenvalue weighted by molar-refractivity contribution is 0.364. The van der Waals surface area contributed by atoms with Gasteiger partial charge in [-0.2, -0.15) is 0 Å². The first kappa shape index (κ1) is 18.8. The molecule has 0 aliphatic rings. The Morgan fingerprint density at radius 3 is 1.38 bits per heavy atom. The molecule has 0 atom stereocenters. The lowest BCUT2D eigenvalue weighted by Crippen LogP contribution is -2.06. The van der Waals surface area contributed by atoms with Gasteiger partial charge < -0.3 is 0 Å². The topological polar surface area (TPSA) is 0 Å². The summed E-state index contributed by atoms with van der Waals surface area (Å²) in [6.07, 6.45) is 4.47. The Labute approximate surface area is 139 Å². The van der Waals surface area contributed by atoms with E-state index in [4.69, 9.17) is 0 Å². The second-order valence-electron chi connectivity index (χ2n) is 6.03. The molecule has 0 aliphatic carbocycles. The van der Waals surface area contributed by atoms with E-state index < -0.39 is 15.1 Å². The van der Waals surface area contributed by atoms with E-state index in [2.05, 4.69) is 19.1 Å². The summed E-state index contributed by atoms with van der Waals surface area (Å²) in [6.45, 7) is 2.13. The maximum Gasteiger partial charge on any atom is 0.310 e. The average Bonchev–Trinajstić information content (AvgIpc) is 2.50. The molecule has 0 spiro atoms. The van der Waals surface area contributed by atoms with Crippen LogP contribution in [0.25, 0.3) is 0 Å². The van der Waals surface area contributed by atoms with Crippen molar-refractivity contribution in [3.8, 4) is 0 Å². The molecule has 0 bridgehead atoms. The average molecular weight is 364 g/mol. The molecular weight excluding hydrogens is 343 g/mol. The van der Waals surface area contributed by atoms with Gasteiger partial charge in [0.1, 0.15) is 4.90 Å². The van der Waals surface area contributed by atoms with E-state index in [0.717, 1.165) is 37.0 Å². The van der Waals surface area contributed by atoms with Gasteiger partial charge in [-0.25, -0.2) is 0 Å². The molecule has 2 rings (SSSR count).